The zero-order valence-electron chi connectivity index (χ0n) is 13.7. The molecule has 0 radical (unpaired) electrons. The molecule has 1 fully saturated rings. The van der Waals surface area contributed by atoms with Crippen LogP contribution in [0.25, 0.3) is 0 Å². The van der Waals surface area contributed by atoms with Crippen LogP contribution in [0.15, 0.2) is 12.1 Å². The van der Waals surface area contributed by atoms with E-state index >= 15 is 0 Å². The maximum absolute atomic E-state index is 12.7. The van der Waals surface area contributed by atoms with Crippen LogP contribution in [0, 0.1) is 10.1 Å². The van der Waals surface area contributed by atoms with Crippen LogP contribution in [-0.4, -0.2) is 63.3 Å². The number of nitrogens with zero attached hydrogens (tertiary/aromatic N) is 3. The lowest BCUT2D eigenvalue weighted by molar-refractivity contribution is -0.380. The SMILES string of the molecule is CCCN(CC(=O)O)C(=O)C1CCCN1C(=O)c1ccc([N+](=O)[O-])s1. The fraction of sp³-hybridized carbons (Fsp3) is 0.533. The van der Waals surface area contributed by atoms with Gasteiger partial charge in [-0.15, -0.1) is 0 Å². The maximum Gasteiger partial charge on any atom is 0.324 e. The van der Waals surface area contributed by atoms with Crippen molar-refractivity contribution in [3.05, 3.63) is 27.1 Å². The van der Waals surface area contributed by atoms with Crippen LogP contribution in [0.4, 0.5) is 5.00 Å². The first-order chi connectivity index (χ1) is 11.8. The summed E-state index contributed by atoms with van der Waals surface area (Å²) in [5.74, 6) is -1.92. The van der Waals surface area contributed by atoms with E-state index in [-0.39, 0.29) is 15.8 Å². The summed E-state index contributed by atoms with van der Waals surface area (Å²) in [5.41, 5.74) is 0. The van der Waals surface area contributed by atoms with Gasteiger partial charge in [0.1, 0.15) is 12.6 Å². The molecule has 2 heterocycles. The molecule has 1 atom stereocenters. The quantitative estimate of drug-likeness (QED) is 0.575. The lowest BCUT2D eigenvalue weighted by atomic mass is 10.1. The highest BCUT2D eigenvalue weighted by molar-refractivity contribution is 7.17. The largest absolute Gasteiger partial charge is 0.480 e. The molecule has 1 saturated heterocycles. The predicted octanol–water partition coefficient (Wildman–Crippen LogP) is 1.58. The third kappa shape index (κ3) is 4.32. The van der Waals surface area contributed by atoms with E-state index in [0.717, 1.165) is 11.3 Å². The van der Waals surface area contributed by atoms with Crippen molar-refractivity contribution in [2.45, 2.75) is 32.2 Å². The number of carboxylic acids is 1. The molecule has 1 aliphatic heterocycles. The number of nitro groups is 1. The number of carbonyl (C=O) groups is 3. The highest BCUT2D eigenvalue weighted by atomic mass is 32.1. The Balaban J connectivity index is 2.16. The van der Waals surface area contributed by atoms with Crippen LogP contribution in [-0.2, 0) is 9.59 Å². The average Bonchev–Trinajstić information content (AvgIpc) is 3.22. The molecule has 0 aromatic carbocycles. The van der Waals surface area contributed by atoms with Gasteiger partial charge in [0.2, 0.25) is 5.91 Å². The van der Waals surface area contributed by atoms with Gasteiger partial charge in [-0.25, -0.2) is 0 Å². The van der Waals surface area contributed by atoms with Crippen LogP contribution in [0.1, 0.15) is 35.9 Å². The van der Waals surface area contributed by atoms with E-state index in [9.17, 15) is 24.5 Å². The summed E-state index contributed by atoms with van der Waals surface area (Å²) in [6, 6.07) is 1.92. The van der Waals surface area contributed by atoms with Gasteiger partial charge in [0.15, 0.2) is 0 Å². The molecular weight excluding hydrogens is 350 g/mol. The normalized spacial score (nSPS) is 16.7. The molecule has 2 rings (SSSR count). The molecular formula is C15H19N3O6S. The zero-order chi connectivity index (χ0) is 18.6. The Morgan fingerprint density at radius 3 is 2.72 bits per heavy atom. The van der Waals surface area contributed by atoms with Crippen LogP contribution >= 0.6 is 11.3 Å². The van der Waals surface area contributed by atoms with E-state index in [1.54, 1.807) is 0 Å². The van der Waals surface area contributed by atoms with Gasteiger partial charge in [0.05, 0.1) is 9.80 Å². The van der Waals surface area contributed by atoms with E-state index in [2.05, 4.69) is 0 Å². The van der Waals surface area contributed by atoms with E-state index in [1.165, 1.54) is 21.9 Å². The molecule has 0 spiro atoms. The lowest BCUT2D eigenvalue weighted by Crippen LogP contribution is -2.49. The molecule has 10 heteroatoms. The highest BCUT2D eigenvalue weighted by Gasteiger charge is 2.37. The molecule has 0 bridgehead atoms. The van der Waals surface area contributed by atoms with Gasteiger partial charge < -0.3 is 14.9 Å². The molecule has 25 heavy (non-hydrogen) atoms. The van der Waals surface area contributed by atoms with Crippen LogP contribution in [0.3, 0.4) is 0 Å². The van der Waals surface area contributed by atoms with Gasteiger partial charge in [-0.2, -0.15) is 0 Å². The Bertz CT molecular complexity index is 689. The summed E-state index contributed by atoms with van der Waals surface area (Å²) in [4.78, 5) is 49.3. The van der Waals surface area contributed by atoms with Crippen molar-refractivity contribution >= 4 is 34.1 Å². The molecule has 1 unspecified atom stereocenters. The predicted molar refractivity (Wildman–Crippen MR) is 89.5 cm³/mol. The van der Waals surface area contributed by atoms with Crippen molar-refractivity contribution in [3.8, 4) is 0 Å². The van der Waals surface area contributed by atoms with Crippen molar-refractivity contribution in [1.82, 2.24) is 9.80 Å². The number of amides is 2. The molecule has 0 aliphatic carbocycles. The summed E-state index contributed by atoms with van der Waals surface area (Å²) >= 11 is 0.770. The van der Waals surface area contributed by atoms with E-state index < -0.39 is 29.4 Å². The molecule has 1 aromatic heterocycles. The van der Waals surface area contributed by atoms with Crippen molar-refractivity contribution < 1.29 is 24.4 Å². The van der Waals surface area contributed by atoms with Gasteiger partial charge >= 0.3 is 11.0 Å². The summed E-state index contributed by atoms with van der Waals surface area (Å²) in [6.07, 6.45) is 1.69. The molecule has 1 aliphatic rings. The van der Waals surface area contributed by atoms with Gasteiger partial charge in [-0.1, -0.05) is 18.3 Å². The summed E-state index contributed by atoms with van der Waals surface area (Å²) in [7, 11) is 0. The number of likely N-dealkylation sites (tertiary alicyclic amines) is 1. The Hall–Kier alpha value is -2.49. The second-order valence-corrected chi connectivity index (χ2v) is 6.77. The van der Waals surface area contributed by atoms with Crippen LogP contribution in [0.5, 0.6) is 0 Å². The Morgan fingerprint density at radius 2 is 2.16 bits per heavy atom. The van der Waals surface area contributed by atoms with E-state index in [1.807, 2.05) is 6.92 Å². The summed E-state index contributed by atoms with van der Waals surface area (Å²) in [6.45, 7) is 2.10. The first kappa shape index (κ1) is 18.8. The molecule has 136 valence electrons. The molecule has 0 saturated carbocycles. The number of carbonyl (C=O) groups excluding carboxylic acids is 2. The minimum atomic E-state index is -1.11. The van der Waals surface area contributed by atoms with E-state index in [4.69, 9.17) is 5.11 Å². The number of thiophene rings is 1. The van der Waals surface area contributed by atoms with Crippen molar-refractivity contribution in [1.29, 1.82) is 0 Å². The second-order valence-electron chi connectivity index (χ2n) is 5.71. The van der Waals surface area contributed by atoms with Crippen LogP contribution in [0.2, 0.25) is 0 Å². The fourth-order valence-corrected chi connectivity index (χ4v) is 3.64. The van der Waals surface area contributed by atoms with Crippen molar-refractivity contribution in [2.75, 3.05) is 19.6 Å². The first-order valence-corrected chi connectivity index (χ1v) is 8.72. The smallest absolute Gasteiger partial charge is 0.324 e. The number of hydrogen-bond donors (Lipinski definition) is 1. The maximum atomic E-state index is 12.7. The minimum absolute atomic E-state index is 0.135. The highest BCUT2D eigenvalue weighted by Crippen LogP contribution is 2.28. The van der Waals surface area contributed by atoms with Gasteiger partial charge in [0.25, 0.3) is 5.91 Å². The van der Waals surface area contributed by atoms with E-state index in [0.29, 0.717) is 32.4 Å². The molecule has 9 nitrogen and oxygen atoms in total. The number of aliphatic carboxylic acids is 1. The summed E-state index contributed by atoms with van der Waals surface area (Å²) < 4.78 is 0. The number of hydrogen-bond acceptors (Lipinski definition) is 6. The third-order valence-electron chi connectivity index (χ3n) is 3.91. The van der Waals surface area contributed by atoms with Gasteiger partial charge in [-0.3, -0.25) is 24.5 Å². The summed E-state index contributed by atoms with van der Waals surface area (Å²) in [5, 5.41) is 19.6. The number of rotatable bonds is 7. The first-order valence-electron chi connectivity index (χ1n) is 7.91. The third-order valence-corrected chi connectivity index (χ3v) is 4.94. The number of carboxylic acid groups (broad SMARTS) is 1. The lowest BCUT2D eigenvalue weighted by Gasteiger charge is -2.29. The minimum Gasteiger partial charge on any atom is -0.480 e. The molecule has 1 aromatic rings. The Morgan fingerprint density at radius 1 is 1.44 bits per heavy atom. The van der Waals surface area contributed by atoms with Gasteiger partial charge in [-0.05, 0) is 25.3 Å². The zero-order valence-corrected chi connectivity index (χ0v) is 14.5. The molecule has 1 N–H and O–H groups in total. The van der Waals surface area contributed by atoms with Crippen molar-refractivity contribution in [3.63, 3.8) is 0 Å². The Kier molecular flexibility index (Phi) is 6.07. The van der Waals surface area contributed by atoms with Crippen LogP contribution < -0.4 is 0 Å². The molecule has 2 amide bonds. The second kappa shape index (κ2) is 8.06. The topological polar surface area (TPSA) is 121 Å². The average molecular weight is 369 g/mol. The van der Waals surface area contributed by atoms with Gasteiger partial charge in [0, 0.05) is 19.2 Å². The fourth-order valence-electron chi connectivity index (χ4n) is 2.86. The monoisotopic (exact) mass is 369 g/mol. The Labute approximate surface area is 148 Å². The van der Waals surface area contributed by atoms with Crippen molar-refractivity contribution in [2.24, 2.45) is 0 Å². The standard InChI is InChI=1S/C15H19N3O6S/c1-2-7-16(9-13(19)20)14(21)10-4-3-8-17(10)15(22)11-5-6-12(25-11)18(23)24/h5-6,10H,2-4,7-9H2,1H3,(H,19,20).